The van der Waals surface area contributed by atoms with E-state index >= 15 is 0 Å². The van der Waals surface area contributed by atoms with Crippen LogP contribution in [0.1, 0.15) is 12.8 Å². The quantitative estimate of drug-likeness (QED) is 0.740. The predicted octanol–water partition coefficient (Wildman–Crippen LogP) is 1.89. The second kappa shape index (κ2) is 9.22. The minimum absolute atomic E-state index is 0. The lowest BCUT2D eigenvalue weighted by molar-refractivity contribution is -0.130. The Morgan fingerprint density at radius 2 is 1.96 bits per heavy atom. The van der Waals surface area contributed by atoms with Crippen LogP contribution in [0, 0.1) is 5.92 Å². The fourth-order valence-electron chi connectivity index (χ4n) is 2.51. The summed E-state index contributed by atoms with van der Waals surface area (Å²) >= 11 is 11.8. The molecule has 24 heavy (non-hydrogen) atoms. The first-order valence-corrected chi connectivity index (χ1v) is 9.50. The number of halogens is 3. The van der Waals surface area contributed by atoms with E-state index in [9.17, 15) is 13.2 Å². The van der Waals surface area contributed by atoms with Crippen LogP contribution in [-0.4, -0.2) is 45.4 Å². The van der Waals surface area contributed by atoms with Crippen molar-refractivity contribution in [3.63, 3.8) is 0 Å². The van der Waals surface area contributed by atoms with Gasteiger partial charge >= 0.3 is 0 Å². The minimum Gasteiger partial charge on any atom is -0.342 e. The third-order valence-corrected chi connectivity index (χ3v) is 6.21. The lowest BCUT2D eigenvalue weighted by atomic mass is 10.1. The number of benzene rings is 1. The summed E-state index contributed by atoms with van der Waals surface area (Å²) in [6.07, 6.45) is 0.974. The van der Waals surface area contributed by atoms with Crippen LogP contribution in [-0.2, 0) is 14.8 Å². The molecule has 1 atom stereocenters. The second-order valence-electron chi connectivity index (χ2n) is 5.43. The molecule has 1 heterocycles. The molecule has 3 N–H and O–H groups in total. The Morgan fingerprint density at radius 3 is 2.50 bits per heavy atom. The number of carbonyl (C=O) groups is 1. The van der Waals surface area contributed by atoms with Crippen molar-refractivity contribution in [3.05, 3.63) is 28.2 Å². The molecule has 1 aliphatic heterocycles. The Morgan fingerprint density at radius 1 is 1.33 bits per heavy atom. The van der Waals surface area contributed by atoms with Crippen LogP contribution in [0.25, 0.3) is 0 Å². The van der Waals surface area contributed by atoms with Crippen molar-refractivity contribution in [2.24, 2.45) is 11.7 Å². The zero-order chi connectivity index (χ0) is 17.0. The van der Waals surface area contributed by atoms with Gasteiger partial charge in [0.25, 0.3) is 0 Å². The summed E-state index contributed by atoms with van der Waals surface area (Å²) in [6.45, 7) is 1.86. The Labute approximate surface area is 158 Å². The maximum Gasteiger partial charge on any atom is 0.243 e. The number of rotatable bonds is 6. The first-order chi connectivity index (χ1) is 10.8. The predicted molar refractivity (Wildman–Crippen MR) is 97.3 cm³/mol. The van der Waals surface area contributed by atoms with E-state index in [0.29, 0.717) is 25.6 Å². The van der Waals surface area contributed by atoms with E-state index in [1.54, 1.807) is 11.0 Å². The molecule has 2 rings (SSSR count). The number of nitrogens with two attached hydrogens (primary N) is 1. The number of amides is 1. The van der Waals surface area contributed by atoms with Gasteiger partial charge < -0.3 is 10.6 Å². The highest BCUT2D eigenvalue weighted by atomic mass is 35.5. The fraction of sp³-hybridized carbons (Fsp3) is 0.500. The molecule has 1 fully saturated rings. The van der Waals surface area contributed by atoms with E-state index in [1.165, 1.54) is 12.1 Å². The van der Waals surface area contributed by atoms with Gasteiger partial charge in [0.1, 0.15) is 4.90 Å². The fourth-order valence-corrected chi connectivity index (χ4v) is 4.68. The minimum atomic E-state index is -3.86. The Hall–Kier alpha value is -0.570. The molecule has 0 bridgehead atoms. The van der Waals surface area contributed by atoms with E-state index in [2.05, 4.69) is 4.72 Å². The van der Waals surface area contributed by atoms with E-state index in [4.69, 9.17) is 28.9 Å². The zero-order valence-corrected chi connectivity index (χ0v) is 16.0. The van der Waals surface area contributed by atoms with Gasteiger partial charge in [-0.15, -0.1) is 12.4 Å². The number of hydrogen-bond donors (Lipinski definition) is 2. The molecule has 0 aliphatic carbocycles. The van der Waals surface area contributed by atoms with Crippen molar-refractivity contribution in [1.82, 2.24) is 9.62 Å². The molecule has 0 spiro atoms. The molecule has 10 heteroatoms. The molecule has 1 amide bonds. The summed E-state index contributed by atoms with van der Waals surface area (Å²) in [6, 6.07) is 4.46. The van der Waals surface area contributed by atoms with Crippen molar-refractivity contribution >= 4 is 51.5 Å². The second-order valence-corrected chi connectivity index (χ2v) is 7.95. The standard InChI is InChI=1S/C14H19Cl2N3O3S.ClH/c15-11-2-1-3-12(16)14(11)23(21,22)18-6-4-13(20)19-7-5-10(8-17)9-19;/h1-3,10,18H,4-9,17H2;1H. The van der Waals surface area contributed by atoms with Gasteiger partial charge in [-0.1, -0.05) is 29.3 Å². The third kappa shape index (κ3) is 5.21. The zero-order valence-electron chi connectivity index (χ0n) is 12.9. The monoisotopic (exact) mass is 415 g/mol. The van der Waals surface area contributed by atoms with E-state index in [0.717, 1.165) is 6.42 Å². The molecular weight excluding hydrogens is 397 g/mol. The molecule has 1 unspecified atom stereocenters. The van der Waals surface area contributed by atoms with Crippen LogP contribution in [0.4, 0.5) is 0 Å². The molecule has 1 aromatic carbocycles. The topological polar surface area (TPSA) is 92.5 Å². The van der Waals surface area contributed by atoms with Crippen molar-refractivity contribution in [1.29, 1.82) is 0 Å². The smallest absolute Gasteiger partial charge is 0.243 e. The van der Waals surface area contributed by atoms with Crippen LogP contribution in [0.15, 0.2) is 23.1 Å². The Balaban J connectivity index is 0.00000288. The number of hydrogen-bond acceptors (Lipinski definition) is 4. The van der Waals surface area contributed by atoms with Gasteiger partial charge in [-0.3, -0.25) is 4.79 Å². The van der Waals surface area contributed by atoms with E-state index < -0.39 is 10.0 Å². The molecule has 6 nitrogen and oxygen atoms in total. The Kier molecular flexibility index (Phi) is 8.25. The number of nitrogens with one attached hydrogen (secondary N) is 1. The Bertz CT molecular complexity index is 665. The van der Waals surface area contributed by atoms with Crippen LogP contribution >= 0.6 is 35.6 Å². The first-order valence-electron chi connectivity index (χ1n) is 7.26. The average Bonchev–Trinajstić information content (AvgIpc) is 2.95. The molecule has 1 aromatic rings. The van der Waals surface area contributed by atoms with Crippen molar-refractivity contribution in [2.75, 3.05) is 26.2 Å². The van der Waals surface area contributed by atoms with Gasteiger partial charge in [0.2, 0.25) is 15.9 Å². The van der Waals surface area contributed by atoms with Crippen molar-refractivity contribution in [3.8, 4) is 0 Å². The van der Waals surface area contributed by atoms with Crippen LogP contribution in [0.5, 0.6) is 0 Å². The van der Waals surface area contributed by atoms with Crippen molar-refractivity contribution in [2.45, 2.75) is 17.7 Å². The summed E-state index contributed by atoms with van der Waals surface area (Å²) in [5.41, 5.74) is 5.59. The molecule has 1 saturated heterocycles. The first kappa shape index (κ1) is 21.5. The van der Waals surface area contributed by atoms with Gasteiger partial charge in [0, 0.05) is 26.1 Å². The lowest BCUT2D eigenvalue weighted by Crippen LogP contribution is -2.33. The summed E-state index contributed by atoms with van der Waals surface area (Å²) in [5, 5.41) is 0.0864. The average molecular weight is 417 g/mol. The highest BCUT2D eigenvalue weighted by molar-refractivity contribution is 7.89. The summed E-state index contributed by atoms with van der Waals surface area (Å²) in [7, 11) is -3.86. The lowest BCUT2D eigenvalue weighted by Gasteiger charge is -2.16. The molecule has 0 aromatic heterocycles. The maximum atomic E-state index is 12.3. The summed E-state index contributed by atoms with van der Waals surface area (Å²) in [5.74, 6) is 0.242. The van der Waals surface area contributed by atoms with Gasteiger partial charge in [-0.2, -0.15) is 0 Å². The number of likely N-dealkylation sites (tertiary alicyclic amines) is 1. The summed E-state index contributed by atoms with van der Waals surface area (Å²) < 4.78 is 26.9. The third-order valence-electron chi connectivity index (χ3n) is 3.79. The van der Waals surface area contributed by atoms with E-state index in [-0.39, 0.29) is 46.2 Å². The van der Waals surface area contributed by atoms with Gasteiger partial charge in [-0.05, 0) is 31.0 Å². The number of sulfonamides is 1. The largest absolute Gasteiger partial charge is 0.342 e. The van der Waals surface area contributed by atoms with Crippen LogP contribution in [0.3, 0.4) is 0 Å². The summed E-state index contributed by atoms with van der Waals surface area (Å²) in [4.78, 5) is 13.6. The normalized spacial score (nSPS) is 17.6. The number of carbonyl (C=O) groups excluding carboxylic acids is 1. The highest BCUT2D eigenvalue weighted by Gasteiger charge is 2.26. The molecule has 136 valence electrons. The van der Waals surface area contributed by atoms with Crippen LogP contribution < -0.4 is 10.5 Å². The van der Waals surface area contributed by atoms with E-state index in [1.807, 2.05) is 0 Å². The van der Waals surface area contributed by atoms with Gasteiger partial charge in [-0.25, -0.2) is 13.1 Å². The molecular formula is C14H20Cl3N3O3S. The highest BCUT2D eigenvalue weighted by Crippen LogP contribution is 2.28. The molecule has 0 saturated carbocycles. The molecule has 0 radical (unpaired) electrons. The number of nitrogens with zero attached hydrogens (tertiary/aromatic N) is 1. The van der Waals surface area contributed by atoms with Gasteiger partial charge in [0.05, 0.1) is 10.0 Å². The molecule has 1 aliphatic rings. The van der Waals surface area contributed by atoms with Crippen LogP contribution in [0.2, 0.25) is 10.0 Å². The SMILES string of the molecule is Cl.NCC1CCN(C(=O)CCNS(=O)(=O)c2c(Cl)cccc2Cl)C1. The maximum absolute atomic E-state index is 12.3. The van der Waals surface area contributed by atoms with Gasteiger partial charge in [0.15, 0.2) is 0 Å². The van der Waals surface area contributed by atoms with Crippen molar-refractivity contribution < 1.29 is 13.2 Å².